The Morgan fingerprint density at radius 1 is 1.53 bits per heavy atom. The van der Waals surface area contributed by atoms with E-state index in [0.717, 1.165) is 32.2 Å². The summed E-state index contributed by atoms with van der Waals surface area (Å²) < 4.78 is 5.84. The average molecular weight is 215 g/mol. The number of ether oxygens (including phenoxy) is 1. The largest absolute Gasteiger partial charge is 0.392 e. The van der Waals surface area contributed by atoms with Gasteiger partial charge in [-0.1, -0.05) is 6.92 Å². The predicted molar refractivity (Wildman–Crippen MR) is 62.0 cm³/mol. The van der Waals surface area contributed by atoms with Crippen molar-refractivity contribution < 1.29 is 9.84 Å². The van der Waals surface area contributed by atoms with E-state index in [-0.39, 0.29) is 17.8 Å². The summed E-state index contributed by atoms with van der Waals surface area (Å²) in [6.07, 6.45) is 4.04. The Hall–Kier alpha value is -0.120. The molecule has 1 aliphatic heterocycles. The van der Waals surface area contributed by atoms with Crippen molar-refractivity contribution in [1.82, 2.24) is 5.32 Å². The second-order valence-electron chi connectivity index (χ2n) is 5.13. The fourth-order valence-corrected chi connectivity index (χ4v) is 2.08. The van der Waals surface area contributed by atoms with E-state index in [1.165, 1.54) is 0 Å². The van der Waals surface area contributed by atoms with Crippen molar-refractivity contribution in [3.05, 3.63) is 0 Å². The zero-order valence-electron chi connectivity index (χ0n) is 10.3. The van der Waals surface area contributed by atoms with Gasteiger partial charge in [-0.25, -0.2) is 0 Å². The van der Waals surface area contributed by atoms with Crippen LogP contribution in [0.2, 0.25) is 0 Å². The van der Waals surface area contributed by atoms with E-state index in [2.05, 4.69) is 26.1 Å². The molecule has 2 atom stereocenters. The monoisotopic (exact) mass is 215 g/mol. The first-order chi connectivity index (χ1) is 7.03. The van der Waals surface area contributed by atoms with Gasteiger partial charge in [0.15, 0.2) is 0 Å². The Bertz CT molecular complexity index is 182. The van der Waals surface area contributed by atoms with Gasteiger partial charge in [0.05, 0.1) is 17.8 Å². The second kappa shape index (κ2) is 5.83. The molecule has 0 radical (unpaired) electrons. The molecule has 3 nitrogen and oxygen atoms in total. The van der Waals surface area contributed by atoms with E-state index in [1.807, 2.05) is 0 Å². The molecule has 0 amide bonds. The van der Waals surface area contributed by atoms with Crippen LogP contribution in [0.25, 0.3) is 0 Å². The SMILES string of the molecule is CCCNCC(O)CC1CCC(C)(C)O1. The predicted octanol–water partition coefficient (Wildman–Crippen LogP) is 1.69. The number of nitrogens with one attached hydrogen (secondary N) is 1. The summed E-state index contributed by atoms with van der Waals surface area (Å²) in [6.45, 7) is 8.04. The van der Waals surface area contributed by atoms with Gasteiger partial charge in [-0.3, -0.25) is 0 Å². The Balaban J connectivity index is 2.13. The normalized spacial score (nSPS) is 26.8. The molecule has 90 valence electrons. The first-order valence-corrected chi connectivity index (χ1v) is 6.10. The highest BCUT2D eigenvalue weighted by molar-refractivity contribution is 4.82. The van der Waals surface area contributed by atoms with Gasteiger partial charge in [-0.2, -0.15) is 0 Å². The maximum Gasteiger partial charge on any atom is 0.0689 e. The Kier molecular flexibility index (Phi) is 5.03. The zero-order chi connectivity index (χ0) is 11.3. The molecule has 15 heavy (non-hydrogen) atoms. The first-order valence-electron chi connectivity index (χ1n) is 6.10. The van der Waals surface area contributed by atoms with Crippen LogP contribution in [0.4, 0.5) is 0 Å². The van der Waals surface area contributed by atoms with E-state index >= 15 is 0 Å². The molecule has 1 aliphatic rings. The standard InChI is InChI=1S/C12H25NO2/c1-4-7-13-9-10(14)8-11-5-6-12(2,3)15-11/h10-11,13-14H,4-9H2,1-3H3. The summed E-state index contributed by atoms with van der Waals surface area (Å²) in [6, 6.07) is 0. The van der Waals surface area contributed by atoms with Crippen molar-refractivity contribution in [1.29, 1.82) is 0 Å². The topological polar surface area (TPSA) is 41.5 Å². The van der Waals surface area contributed by atoms with Gasteiger partial charge in [0.25, 0.3) is 0 Å². The third-order valence-corrected chi connectivity index (χ3v) is 2.90. The summed E-state index contributed by atoms with van der Waals surface area (Å²) in [7, 11) is 0. The van der Waals surface area contributed by atoms with E-state index in [0.29, 0.717) is 6.54 Å². The number of aliphatic hydroxyl groups is 1. The van der Waals surface area contributed by atoms with Crippen molar-refractivity contribution in [3.8, 4) is 0 Å². The molecule has 3 heteroatoms. The molecule has 1 rings (SSSR count). The fraction of sp³-hybridized carbons (Fsp3) is 1.00. The quantitative estimate of drug-likeness (QED) is 0.663. The number of aliphatic hydroxyl groups excluding tert-OH is 1. The zero-order valence-corrected chi connectivity index (χ0v) is 10.3. The van der Waals surface area contributed by atoms with Crippen LogP contribution in [-0.4, -0.2) is 36.0 Å². The van der Waals surface area contributed by atoms with Crippen LogP contribution in [0.1, 0.15) is 46.5 Å². The second-order valence-corrected chi connectivity index (χ2v) is 5.13. The minimum atomic E-state index is -0.268. The van der Waals surface area contributed by atoms with E-state index < -0.39 is 0 Å². The molecule has 0 aliphatic carbocycles. The number of hydrogen-bond donors (Lipinski definition) is 2. The highest BCUT2D eigenvalue weighted by Gasteiger charge is 2.32. The lowest BCUT2D eigenvalue weighted by Gasteiger charge is -2.21. The van der Waals surface area contributed by atoms with Gasteiger partial charge in [-0.05, 0) is 39.7 Å². The maximum absolute atomic E-state index is 9.76. The van der Waals surface area contributed by atoms with Gasteiger partial charge in [-0.15, -0.1) is 0 Å². The van der Waals surface area contributed by atoms with E-state index in [4.69, 9.17) is 4.74 Å². The van der Waals surface area contributed by atoms with Crippen molar-refractivity contribution in [3.63, 3.8) is 0 Å². The molecule has 0 bridgehead atoms. The maximum atomic E-state index is 9.76. The van der Waals surface area contributed by atoms with Crippen molar-refractivity contribution in [2.24, 2.45) is 0 Å². The molecule has 1 saturated heterocycles. The van der Waals surface area contributed by atoms with Gasteiger partial charge in [0.1, 0.15) is 0 Å². The summed E-state index contributed by atoms with van der Waals surface area (Å²) >= 11 is 0. The molecule has 0 aromatic heterocycles. The van der Waals surface area contributed by atoms with Crippen molar-refractivity contribution in [2.75, 3.05) is 13.1 Å². The van der Waals surface area contributed by atoms with Crippen LogP contribution in [0, 0.1) is 0 Å². The third-order valence-electron chi connectivity index (χ3n) is 2.90. The van der Waals surface area contributed by atoms with Crippen LogP contribution < -0.4 is 5.32 Å². The Morgan fingerprint density at radius 3 is 2.80 bits per heavy atom. The Labute approximate surface area is 93.2 Å². The molecule has 2 unspecified atom stereocenters. The van der Waals surface area contributed by atoms with Crippen LogP contribution in [0.5, 0.6) is 0 Å². The molecule has 1 heterocycles. The molecule has 0 spiro atoms. The molecular formula is C12H25NO2. The number of rotatable bonds is 6. The first kappa shape index (κ1) is 12.9. The van der Waals surface area contributed by atoms with Crippen molar-refractivity contribution in [2.45, 2.75) is 64.3 Å². The minimum Gasteiger partial charge on any atom is -0.392 e. The highest BCUT2D eigenvalue weighted by atomic mass is 16.5. The smallest absolute Gasteiger partial charge is 0.0689 e. The molecule has 0 aromatic rings. The van der Waals surface area contributed by atoms with Gasteiger partial charge >= 0.3 is 0 Å². The summed E-state index contributed by atoms with van der Waals surface area (Å²) in [5.41, 5.74) is 0.0151. The van der Waals surface area contributed by atoms with Crippen molar-refractivity contribution >= 4 is 0 Å². The van der Waals surface area contributed by atoms with Crippen LogP contribution >= 0.6 is 0 Å². The third kappa shape index (κ3) is 4.96. The van der Waals surface area contributed by atoms with E-state index in [1.54, 1.807) is 0 Å². The van der Waals surface area contributed by atoms with Gasteiger partial charge in [0, 0.05) is 13.0 Å². The van der Waals surface area contributed by atoms with Gasteiger partial charge < -0.3 is 15.2 Å². The minimum absolute atomic E-state index is 0.0151. The molecular weight excluding hydrogens is 190 g/mol. The van der Waals surface area contributed by atoms with Crippen LogP contribution in [0.3, 0.4) is 0 Å². The molecule has 0 aromatic carbocycles. The molecule has 1 fully saturated rings. The summed E-state index contributed by atoms with van der Waals surface area (Å²) in [5.74, 6) is 0. The molecule has 0 saturated carbocycles. The summed E-state index contributed by atoms with van der Waals surface area (Å²) in [4.78, 5) is 0. The van der Waals surface area contributed by atoms with Crippen LogP contribution in [0.15, 0.2) is 0 Å². The average Bonchev–Trinajstić information content (AvgIpc) is 2.46. The highest BCUT2D eigenvalue weighted by Crippen LogP contribution is 2.31. The lowest BCUT2D eigenvalue weighted by molar-refractivity contribution is -0.0342. The number of hydrogen-bond acceptors (Lipinski definition) is 3. The fourth-order valence-electron chi connectivity index (χ4n) is 2.08. The summed E-state index contributed by atoms with van der Waals surface area (Å²) in [5, 5.41) is 13.0. The molecule has 2 N–H and O–H groups in total. The Morgan fingerprint density at radius 2 is 2.27 bits per heavy atom. The lowest BCUT2D eigenvalue weighted by atomic mass is 10.0. The lowest BCUT2D eigenvalue weighted by Crippen LogP contribution is -2.31. The van der Waals surface area contributed by atoms with E-state index in [9.17, 15) is 5.11 Å². The van der Waals surface area contributed by atoms with Gasteiger partial charge in [0.2, 0.25) is 0 Å². The van der Waals surface area contributed by atoms with Crippen LogP contribution in [-0.2, 0) is 4.74 Å².